The van der Waals surface area contributed by atoms with Gasteiger partial charge in [0.1, 0.15) is 0 Å². The minimum absolute atomic E-state index is 0.0277. The van der Waals surface area contributed by atoms with E-state index in [1.807, 2.05) is 6.92 Å². The van der Waals surface area contributed by atoms with E-state index in [0.717, 1.165) is 52.3 Å². The highest BCUT2D eigenvalue weighted by molar-refractivity contribution is 4.99. The van der Waals surface area contributed by atoms with Gasteiger partial charge >= 0.3 is 0 Å². The van der Waals surface area contributed by atoms with Crippen LogP contribution in [0.3, 0.4) is 0 Å². The van der Waals surface area contributed by atoms with Crippen molar-refractivity contribution in [3.8, 4) is 0 Å². The number of hydrogen-bond acceptors (Lipinski definition) is 4. The maximum absolute atomic E-state index is 6.10. The van der Waals surface area contributed by atoms with Gasteiger partial charge in [-0.05, 0) is 26.8 Å². The Morgan fingerprint density at radius 2 is 2.19 bits per heavy atom. The molecule has 1 N–H and O–H groups in total. The number of morpholine rings is 1. The molecule has 2 fully saturated rings. The lowest BCUT2D eigenvalue weighted by molar-refractivity contribution is -0.138. The quantitative estimate of drug-likeness (QED) is 0.761. The molecule has 2 aliphatic heterocycles. The van der Waals surface area contributed by atoms with E-state index in [-0.39, 0.29) is 5.60 Å². The van der Waals surface area contributed by atoms with E-state index < -0.39 is 0 Å². The molecule has 0 bridgehead atoms. The maximum Gasteiger partial charge on any atom is 0.0882 e. The Morgan fingerprint density at radius 3 is 2.88 bits per heavy atom. The van der Waals surface area contributed by atoms with Gasteiger partial charge < -0.3 is 19.7 Å². The Morgan fingerprint density at radius 1 is 1.44 bits per heavy atom. The molecule has 1 atom stereocenters. The Hall–Kier alpha value is -0.160. The largest absolute Gasteiger partial charge is 0.380 e. The molecule has 0 aromatic rings. The van der Waals surface area contributed by atoms with Crippen molar-refractivity contribution < 1.29 is 9.47 Å². The Bertz CT molecular complexity index is 215. The van der Waals surface area contributed by atoms with E-state index in [0.29, 0.717) is 6.04 Å². The molecule has 1 spiro atoms. The molecule has 1 unspecified atom stereocenters. The number of hydrogen-bond donors (Lipinski definition) is 1. The van der Waals surface area contributed by atoms with Gasteiger partial charge in [0, 0.05) is 26.2 Å². The summed E-state index contributed by atoms with van der Waals surface area (Å²) >= 11 is 0. The third kappa shape index (κ3) is 2.56. The minimum Gasteiger partial charge on any atom is -0.380 e. The summed E-state index contributed by atoms with van der Waals surface area (Å²) in [6.07, 6.45) is 2.24. The Labute approximate surface area is 98.3 Å². The van der Waals surface area contributed by atoms with Crippen LogP contribution in [0.4, 0.5) is 0 Å². The second-order valence-corrected chi connectivity index (χ2v) is 4.88. The molecule has 0 aromatic heterocycles. The average molecular weight is 228 g/mol. The van der Waals surface area contributed by atoms with Crippen LogP contribution in [0.1, 0.15) is 19.8 Å². The zero-order valence-electron chi connectivity index (χ0n) is 10.5. The number of likely N-dealkylation sites (tertiary alicyclic amines) is 1. The van der Waals surface area contributed by atoms with Gasteiger partial charge in [0.2, 0.25) is 0 Å². The van der Waals surface area contributed by atoms with Crippen LogP contribution in [-0.4, -0.2) is 63.0 Å². The summed E-state index contributed by atoms with van der Waals surface area (Å²) in [5.41, 5.74) is 0.0277. The summed E-state index contributed by atoms with van der Waals surface area (Å²) in [7, 11) is 2.18. The van der Waals surface area contributed by atoms with Gasteiger partial charge in [-0.3, -0.25) is 0 Å². The van der Waals surface area contributed by atoms with Crippen molar-refractivity contribution in [3.05, 3.63) is 0 Å². The topological polar surface area (TPSA) is 33.7 Å². The molecule has 0 saturated carbocycles. The van der Waals surface area contributed by atoms with Gasteiger partial charge in [-0.25, -0.2) is 0 Å². The standard InChI is InChI=1S/C12H24N2O2/c1-3-15-10-11-12(16-9-6-13-11)4-7-14(2)8-5-12/h11,13H,3-10H2,1-2H3. The fourth-order valence-corrected chi connectivity index (χ4v) is 2.71. The second kappa shape index (κ2) is 5.45. The monoisotopic (exact) mass is 228 g/mol. The first-order valence-electron chi connectivity index (χ1n) is 6.40. The third-order valence-corrected chi connectivity index (χ3v) is 3.84. The molecule has 0 amide bonds. The molecule has 2 rings (SSSR count). The molecule has 2 aliphatic rings. The first kappa shape index (κ1) is 12.3. The van der Waals surface area contributed by atoms with Crippen molar-refractivity contribution in [1.29, 1.82) is 0 Å². The highest BCUT2D eigenvalue weighted by Gasteiger charge is 2.43. The highest BCUT2D eigenvalue weighted by atomic mass is 16.5. The molecular formula is C12H24N2O2. The van der Waals surface area contributed by atoms with Crippen molar-refractivity contribution in [1.82, 2.24) is 10.2 Å². The van der Waals surface area contributed by atoms with Crippen molar-refractivity contribution in [3.63, 3.8) is 0 Å². The van der Waals surface area contributed by atoms with Crippen molar-refractivity contribution >= 4 is 0 Å². The van der Waals surface area contributed by atoms with Gasteiger partial charge in [-0.2, -0.15) is 0 Å². The molecular weight excluding hydrogens is 204 g/mol. The molecule has 2 saturated heterocycles. The summed E-state index contributed by atoms with van der Waals surface area (Å²) in [5, 5.41) is 3.56. The summed E-state index contributed by atoms with van der Waals surface area (Å²) in [5.74, 6) is 0. The zero-order chi connectivity index (χ0) is 11.4. The Balaban J connectivity index is 1.97. The molecule has 4 nitrogen and oxygen atoms in total. The van der Waals surface area contributed by atoms with E-state index >= 15 is 0 Å². The van der Waals surface area contributed by atoms with Gasteiger partial charge in [0.25, 0.3) is 0 Å². The van der Waals surface area contributed by atoms with Crippen LogP contribution < -0.4 is 5.32 Å². The van der Waals surface area contributed by atoms with E-state index in [4.69, 9.17) is 9.47 Å². The summed E-state index contributed by atoms with van der Waals surface area (Å²) in [6, 6.07) is 0.370. The summed E-state index contributed by atoms with van der Waals surface area (Å²) in [6.45, 7) is 7.66. The van der Waals surface area contributed by atoms with Gasteiger partial charge in [-0.15, -0.1) is 0 Å². The average Bonchev–Trinajstić information content (AvgIpc) is 2.32. The molecule has 0 aromatic carbocycles. The number of nitrogens with one attached hydrogen (secondary N) is 1. The number of rotatable bonds is 3. The number of ether oxygens (including phenoxy) is 2. The molecule has 0 aliphatic carbocycles. The smallest absolute Gasteiger partial charge is 0.0882 e. The van der Waals surface area contributed by atoms with Crippen LogP contribution in [0, 0.1) is 0 Å². The van der Waals surface area contributed by atoms with Crippen LogP contribution in [-0.2, 0) is 9.47 Å². The predicted octanol–water partition coefficient (Wildman–Crippen LogP) is 0.476. The van der Waals surface area contributed by atoms with Gasteiger partial charge in [-0.1, -0.05) is 0 Å². The van der Waals surface area contributed by atoms with E-state index in [9.17, 15) is 0 Å². The van der Waals surface area contributed by atoms with E-state index in [1.165, 1.54) is 0 Å². The lowest BCUT2D eigenvalue weighted by atomic mass is 9.83. The Kier molecular flexibility index (Phi) is 4.19. The minimum atomic E-state index is 0.0277. The third-order valence-electron chi connectivity index (χ3n) is 3.84. The summed E-state index contributed by atoms with van der Waals surface area (Å²) in [4.78, 5) is 2.38. The van der Waals surface area contributed by atoms with E-state index in [2.05, 4.69) is 17.3 Å². The normalized spacial score (nSPS) is 30.8. The maximum atomic E-state index is 6.10. The summed E-state index contributed by atoms with van der Waals surface area (Å²) < 4.78 is 11.7. The molecule has 16 heavy (non-hydrogen) atoms. The van der Waals surface area contributed by atoms with Crippen LogP contribution in [0.2, 0.25) is 0 Å². The van der Waals surface area contributed by atoms with Crippen LogP contribution in [0.5, 0.6) is 0 Å². The van der Waals surface area contributed by atoms with Crippen molar-refractivity contribution in [2.45, 2.75) is 31.4 Å². The van der Waals surface area contributed by atoms with Gasteiger partial charge in [0.05, 0.1) is 24.9 Å². The lowest BCUT2D eigenvalue weighted by Gasteiger charge is -2.48. The molecule has 0 radical (unpaired) electrons. The van der Waals surface area contributed by atoms with Crippen LogP contribution in [0.15, 0.2) is 0 Å². The van der Waals surface area contributed by atoms with Crippen molar-refractivity contribution in [2.24, 2.45) is 0 Å². The first-order valence-corrected chi connectivity index (χ1v) is 6.40. The molecule has 2 heterocycles. The zero-order valence-corrected chi connectivity index (χ0v) is 10.5. The fraction of sp³-hybridized carbons (Fsp3) is 1.00. The van der Waals surface area contributed by atoms with E-state index in [1.54, 1.807) is 0 Å². The van der Waals surface area contributed by atoms with Crippen molar-refractivity contribution in [2.75, 3.05) is 46.5 Å². The first-order chi connectivity index (χ1) is 7.77. The van der Waals surface area contributed by atoms with Gasteiger partial charge in [0.15, 0.2) is 0 Å². The number of piperidine rings is 1. The molecule has 94 valence electrons. The highest BCUT2D eigenvalue weighted by Crippen LogP contribution is 2.31. The van der Waals surface area contributed by atoms with Crippen LogP contribution >= 0.6 is 0 Å². The lowest BCUT2D eigenvalue weighted by Crippen LogP contribution is -2.63. The second-order valence-electron chi connectivity index (χ2n) is 4.88. The fourth-order valence-electron chi connectivity index (χ4n) is 2.71. The molecule has 4 heteroatoms. The van der Waals surface area contributed by atoms with Crippen LogP contribution in [0.25, 0.3) is 0 Å². The predicted molar refractivity (Wildman–Crippen MR) is 63.7 cm³/mol. The SMILES string of the molecule is CCOCC1NCCOC12CCN(C)CC2. The number of nitrogens with zero attached hydrogens (tertiary/aromatic N) is 1.